The second-order valence-corrected chi connectivity index (χ2v) is 13.2. The van der Waals surface area contributed by atoms with Crippen LogP contribution in [0.15, 0.2) is 60.7 Å². The van der Waals surface area contributed by atoms with Crippen LogP contribution in [0.2, 0.25) is 10.0 Å². The van der Waals surface area contributed by atoms with Gasteiger partial charge < -0.3 is 4.74 Å². The summed E-state index contributed by atoms with van der Waals surface area (Å²) in [6, 6.07) is 19.4. The van der Waals surface area contributed by atoms with E-state index in [2.05, 4.69) is 33.9 Å². The zero-order valence-electron chi connectivity index (χ0n) is 22.3. The van der Waals surface area contributed by atoms with Gasteiger partial charge in [-0.3, -0.25) is 14.4 Å². The van der Waals surface area contributed by atoms with Gasteiger partial charge in [0, 0.05) is 21.4 Å². The van der Waals surface area contributed by atoms with E-state index >= 15 is 4.39 Å². The quantitative estimate of drug-likeness (QED) is 0.238. The third-order valence-corrected chi connectivity index (χ3v) is 9.55. The van der Waals surface area contributed by atoms with Crippen molar-refractivity contribution in [1.82, 2.24) is 9.62 Å². The van der Waals surface area contributed by atoms with Crippen molar-refractivity contribution in [2.24, 2.45) is 5.92 Å². The molecule has 3 aromatic rings. The Balaban J connectivity index is 1.11. The molecule has 0 aromatic heterocycles. The van der Waals surface area contributed by atoms with Gasteiger partial charge in [0.1, 0.15) is 11.6 Å². The first-order chi connectivity index (χ1) is 19.4. The summed E-state index contributed by atoms with van der Waals surface area (Å²) in [5.41, 5.74) is 3.37. The van der Waals surface area contributed by atoms with Gasteiger partial charge in [-0.2, -0.15) is 0 Å². The van der Waals surface area contributed by atoms with E-state index in [9.17, 15) is 4.79 Å². The minimum atomic E-state index is -0.519. The number of halogens is 3. The van der Waals surface area contributed by atoms with Crippen LogP contribution >= 0.6 is 35.1 Å². The van der Waals surface area contributed by atoms with Gasteiger partial charge in [-0.25, -0.2) is 4.39 Å². The van der Waals surface area contributed by atoms with Crippen LogP contribution in [0.3, 0.4) is 0 Å². The summed E-state index contributed by atoms with van der Waals surface area (Å²) < 4.78 is 24.1. The van der Waals surface area contributed by atoms with Crippen LogP contribution in [0.1, 0.15) is 77.5 Å². The molecule has 0 spiro atoms. The second-order valence-electron chi connectivity index (χ2n) is 11.2. The maximum absolute atomic E-state index is 15.0. The first-order valence-corrected chi connectivity index (χ1v) is 15.8. The number of rotatable bonds is 10. The topological polar surface area (TPSA) is 41.6 Å². The molecule has 1 heterocycles. The third kappa shape index (κ3) is 6.79. The smallest absolute Gasteiger partial charge is 0.264 e. The molecule has 1 unspecified atom stereocenters. The Morgan fingerprint density at radius 3 is 2.30 bits per heavy atom. The Morgan fingerprint density at radius 1 is 0.950 bits per heavy atom. The lowest BCUT2D eigenvalue weighted by molar-refractivity contribution is 0.0980. The first-order valence-electron chi connectivity index (χ1n) is 14.1. The van der Waals surface area contributed by atoms with Crippen molar-refractivity contribution in [2.45, 2.75) is 55.7 Å². The minimum absolute atomic E-state index is 0.0617. The van der Waals surface area contributed by atoms with Crippen molar-refractivity contribution >= 4 is 41.1 Å². The van der Waals surface area contributed by atoms with Crippen molar-refractivity contribution in [2.75, 3.05) is 19.7 Å². The lowest BCUT2D eigenvalue weighted by Gasteiger charge is -2.38. The molecule has 1 N–H and O–H groups in total. The summed E-state index contributed by atoms with van der Waals surface area (Å²) in [5.74, 6) is 0.419. The van der Waals surface area contributed by atoms with Gasteiger partial charge >= 0.3 is 0 Å². The minimum Gasteiger partial charge on any atom is -0.493 e. The van der Waals surface area contributed by atoms with E-state index in [1.165, 1.54) is 23.6 Å². The average Bonchev–Trinajstić information content (AvgIpc) is 3.86. The number of ether oxygens (including phenoxy) is 1. The Bertz CT molecular complexity index is 1340. The van der Waals surface area contributed by atoms with Crippen molar-refractivity contribution in [3.05, 3.63) is 98.8 Å². The molecule has 1 saturated heterocycles. The number of piperidine rings is 1. The molecule has 3 fully saturated rings. The molecule has 4 nitrogen and oxygen atoms in total. The van der Waals surface area contributed by atoms with E-state index < -0.39 is 5.82 Å². The second kappa shape index (κ2) is 12.3. The fourth-order valence-electron chi connectivity index (χ4n) is 5.53. The van der Waals surface area contributed by atoms with Crippen molar-refractivity contribution < 1.29 is 13.9 Å². The van der Waals surface area contributed by atoms with Crippen LogP contribution in [-0.2, 0) is 0 Å². The van der Waals surface area contributed by atoms with Crippen LogP contribution in [0.25, 0.3) is 0 Å². The fourth-order valence-corrected chi connectivity index (χ4v) is 6.83. The Kier molecular flexibility index (Phi) is 8.59. The zero-order chi connectivity index (χ0) is 27.6. The van der Waals surface area contributed by atoms with E-state index in [0.717, 1.165) is 62.7 Å². The highest BCUT2D eigenvalue weighted by atomic mass is 35.5. The molecule has 1 amide bonds. The maximum Gasteiger partial charge on any atom is 0.264 e. The van der Waals surface area contributed by atoms with Gasteiger partial charge in [0.05, 0.1) is 18.2 Å². The molecule has 1 aliphatic heterocycles. The number of benzene rings is 3. The Labute approximate surface area is 249 Å². The highest BCUT2D eigenvalue weighted by Crippen LogP contribution is 2.45. The number of amides is 1. The molecule has 8 heteroatoms. The fraction of sp³-hybridized carbons (Fsp3) is 0.406. The number of carbonyl (C=O) groups excluding carboxylic acids is 1. The SMILES string of the molecule is O=C(NSC1CC1)c1cc(C2CC2)c(OCC2CCN(C(c3ccccc3)c3cc(Cl)cc(Cl)c3)CC2)cc1F. The normalized spacial score (nSPS) is 18.9. The van der Waals surface area contributed by atoms with E-state index in [4.69, 9.17) is 27.9 Å². The molecular formula is C32H33Cl2FN2O2S. The van der Waals surface area contributed by atoms with Crippen molar-refractivity contribution in [1.29, 1.82) is 0 Å². The average molecular weight is 600 g/mol. The Morgan fingerprint density at radius 2 is 1.65 bits per heavy atom. The summed E-state index contributed by atoms with van der Waals surface area (Å²) >= 11 is 14.2. The van der Waals surface area contributed by atoms with Gasteiger partial charge in [0.15, 0.2) is 0 Å². The summed E-state index contributed by atoms with van der Waals surface area (Å²) in [5, 5.41) is 1.74. The molecule has 3 aliphatic rings. The van der Waals surface area contributed by atoms with Crippen molar-refractivity contribution in [3.63, 3.8) is 0 Å². The molecule has 0 radical (unpaired) electrons. The highest BCUT2D eigenvalue weighted by molar-refractivity contribution is 7.98. The highest BCUT2D eigenvalue weighted by Gasteiger charge is 2.32. The van der Waals surface area contributed by atoms with Crippen LogP contribution in [0, 0.1) is 11.7 Å². The summed E-state index contributed by atoms with van der Waals surface area (Å²) in [6.45, 7) is 2.34. The number of carbonyl (C=O) groups is 1. The van der Waals surface area contributed by atoms with Crippen LogP contribution in [0.5, 0.6) is 5.75 Å². The van der Waals surface area contributed by atoms with Gasteiger partial charge in [-0.1, -0.05) is 53.5 Å². The van der Waals surface area contributed by atoms with Gasteiger partial charge in [0.2, 0.25) is 0 Å². The Hall–Kier alpha value is -2.25. The maximum atomic E-state index is 15.0. The summed E-state index contributed by atoms with van der Waals surface area (Å²) in [6.07, 6.45) is 6.25. The van der Waals surface area contributed by atoms with E-state index in [-0.39, 0.29) is 17.5 Å². The summed E-state index contributed by atoms with van der Waals surface area (Å²) in [7, 11) is 0. The number of hydrogen-bond donors (Lipinski definition) is 1. The lowest BCUT2D eigenvalue weighted by Crippen LogP contribution is -2.38. The van der Waals surface area contributed by atoms with Crippen LogP contribution in [-0.4, -0.2) is 35.8 Å². The molecule has 3 aromatic carbocycles. The van der Waals surface area contributed by atoms with Crippen LogP contribution < -0.4 is 9.46 Å². The largest absolute Gasteiger partial charge is 0.493 e. The van der Waals surface area contributed by atoms with Crippen molar-refractivity contribution in [3.8, 4) is 5.75 Å². The van der Waals surface area contributed by atoms with E-state index in [0.29, 0.717) is 39.5 Å². The molecule has 40 heavy (non-hydrogen) atoms. The van der Waals surface area contributed by atoms with Gasteiger partial charge in [0.25, 0.3) is 5.91 Å². The van der Waals surface area contributed by atoms with Gasteiger partial charge in [-0.05, 0) is 116 Å². The molecule has 2 aliphatic carbocycles. The number of nitrogens with zero attached hydrogens (tertiary/aromatic N) is 1. The molecule has 2 saturated carbocycles. The standard InChI is InChI=1S/C32H33Cl2FN2O2S/c33-24-14-23(15-25(34)16-24)31(22-4-2-1-3-5-22)37-12-10-20(11-13-37)19-39-30-18-29(35)28(17-27(30)21-6-7-21)32(38)36-40-26-8-9-26/h1-5,14-18,20-21,26,31H,6-13,19H2,(H,36,38). The van der Waals surface area contributed by atoms with E-state index in [1.54, 1.807) is 12.1 Å². The molecule has 210 valence electrons. The first kappa shape index (κ1) is 27.9. The summed E-state index contributed by atoms with van der Waals surface area (Å²) in [4.78, 5) is 15.1. The zero-order valence-corrected chi connectivity index (χ0v) is 24.6. The lowest BCUT2D eigenvalue weighted by atomic mass is 9.91. The number of likely N-dealkylation sites (tertiary alicyclic amines) is 1. The molecule has 6 rings (SSSR count). The molecular weight excluding hydrogens is 566 g/mol. The van der Waals surface area contributed by atoms with Crippen LogP contribution in [0.4, 0.5) is 4.39 Å². The molecule has 1 atom stereocenters. The molecule has 0 bridgehead atoms. The third-order valence-electron chi connectivity index (χ3n) is 8.01. The predicted octanol–water partition coefficient (Wildman–Crippen LogP) is 8.43. The number of nitrogens with one attached hydrogen (secondary N) is 1. The monoisotopic (exact) mass is 598 g/mol. The van der Waals surface area contributed by atoms with E-state index in [1.807, 2.05) is 18.2 Å². The van der Waals surface area contributed by atoms with Gasteiger partial charge in [-0.15, -0.1) is 0 Å². The number of hydrogen-bond acceptors (Lipinski definition) is 4. The predicted molar refractivity (Wildman–Crippen MR) is 161 cm³/mol.